The molecule has 94 valence electrons. The van der Waals surface area contributed by atoms with Gasteiger partial charge >= 0.3 is 0 Å². The molecule has 0 spiro atoms. The van der Waals surface area contributed by atoms with Gasteiger partial charge in [0.15, 0.2) is 5.82 Å². The van der Waals surface area contributed by atoms with E-state index in [0.717, 1.165) is 10.2 Å². The lowest BCUT2D eigenvalue weighted by molar-refractivity contribution is -0.117. The summed E-state index contributed by atoms with van der Waals surface area (Å²) in [6.07, 6.45) is 0.526. The molecule has 0 N–H and O–H groups in total. The number of amides is 1. The first-order chi connectivity index (χ1) is 8.69. The van der Waals surface area contributed by atoms with E-state index in [9.17, 15) is 4.79 Å². The maximum Gasteiger partial charge on any atom is 0.228 e. The van der Waals surface area contributed by atoms with Crippen molar-refractivity contribution in [3.05, 3.63) is 16.7 Å². The van der Waals surface area contributed by atoms with Gasteiger partial charge in [0.2, 0.25) is 11.2 Å². The van der Waals surface area contributed by atoms with Crippen LogP contribution < -0.4 is 4.90 Å². The standard InChI is InChI=1S/C11H10ClN3OS2/c12-11-13-7-1-2-18-9(7)10(14-11)15-4-6(5-17)3-8(15)16/h1-2,6,17H,3-5H2. The van der Waals surface area contributed by atoms with E-state index in [-0.39, 0.29) is 17.1 Å². The Hall–Kier alpha value is -0.850. The second-order valence-electron chi connectivity index (χ2n) is 4.21. The van der Waals surface area contributed by atoms with E-state index in [1.54, 1.807) is 4.90 Å². The predicted octanol–water partition coefficient (Wildman–Crippen LogP) is 2.63. The highest BCUT2D eigenvalue weighted by Crippen LogP contribution is 2.33. The molecule has 1 aliphatic heterocycles. The number of fused-ring (bicyclic) bond motifs is 1. The lowest BCUT2D eigenvalue weighted by Gasteiger charge is -2.16. The molecule has 3 heterocycles. The largest absolute Gasteiger partial charge is 0.295 e. The second kappa shape index (κ2) is 4.68. The van der Waals surface area contributed by atoms with Crippen LogP contribution in [0.4, 0.5) is 5.82 Å². The molecule has 0 saturated carbocycles. The molecule has 0 aromatic carbocycles. The number of halogens is 1. The number of carbonyl (C=O) groups is 1. The molecule has 1 saturated heterocycles. The zero-order valence-electron chi connectivity index (χ0n) is 9.34. The quantitative estimate of drug-likeness (QED) is 0.685. The van der Waals surface area contributed by atoms with Crippen molar-refractivity contribution in [3.8, 4) is 0 Å². The summed E-state index contributed by atoms with van der Waals surface area (Å²) in [5.41, 5.74) is 0.789. The molecule has 1 aliphatic rings. The van der Waals surface area contributed by atoms with E-state index in [0.29, 0.717) is 24.5 Å². The SMILES string of the molecule is O=C1CC(CS)CN1c1nc(Cl)nc2ccsc12. The minimum absolute atomic E-state index is 0.0820. The number of thiophene rings is 1. The van der Waals surface area contributed by atoms with Gasteiger partial charge in [-0.15, -0.1) is 11.3 Å². The summed E-state index contributed by atoms with van der Waals surface area (Å²) < 4.78 is 0.910. The van der Waals surface area contributed by atoms with E-state index in [1.807, 2.05) is 11.4 Å². The number of aromatic nitrogens is 2. The van der Waals surface area contributed by atoms with E-state index >= 15 is 0 Å². The van der Waals surface area contributed by atoms with Crippen LogP contribution in [0.25, 0.3) is 10.2 Å². The van der Waals surface area contributed by atoms with E-state index in [2.05, 4.69) is 22.6 Å². The highest BCUT2D eigenvalue weighted by molar-refractivity contribution is 7.80. The summed E-state index contributed by atoms with van der Waals surface area (Å²) in [6, 6.07) is 1.88. The first-order valence-corrected chi connectivity index (χ1v) is 7.40. The molecule has 1 unspecified atom stereocenters. The fraction of sp³-hybridized carbons (Fsp3) is 0.364. The Labute approximate surface area is 118 Å². The minimum Gasteiger partial charge on any atom is -0.295 e. The fourth-order valence-electron chi connectivity index (χ4n) is 2.11. The van der Waals surface area contributed by atoms with Crippen LogP contribution >= 0.6 is 35.6 Å². The molecule has 7 heteroatoms. The van der Waals surface area contributed by atoms with Crippen molar-refractivity contribution in [3.63, 3.8) is 0 Å². The molecule has 0 bridgehead atoms. The summed E-state index contributed by atoms with van der Waals surface area (Å²) in [6.45, 7) is 0.655. The Morgan fingerprint density at radius 3 is 3.11 bits per heavy atom. The van der Waals surface area contributed by atoms with Gasteiger partial charge in [-0.05, 0) is 34.7 Å². The molecule has 1 fully saturated rings. The van der Waals surface area contributed by atoms with Crippen molar-refractivity contribution in [2.75, 3.05) is 17.2 Å². The van der Waals surface area contributed by atoms with Crippen LogP contribution in [0, 0.1) is 5.92 Å². The topological polar surface area (TPSA) is 46.1 Å². The summed E-state index contributed by atoms with van der Waals surface area (Å²) in [7, 11) is 0. The number of rotatable bonds is 2. The third-order valence-electron chi connectivity index (χ3n) is 2.98. The number of nitrogens with zero attached hydrogens (tertiary/aromatic N) is 3. The van der Waals surface area contributed by atoms with Crippen LogP contribution in [0.3, 0.4) is 0 Å². The van der Waals surface area contributed by atoms with Crippen molar-refractivity contribution < 1.29 is 4.79 Å². The average molecular weight is 300 g/mol. The molecule has 2 aromatic heterocycles. The van der Waals surface area contributed by atoms with E-state index in [1.165, 1.54) is 11.3 Å². The number of carbonyl (C=O) groups excluding carboxylic acids is 1. The van der Waals surface area contributed by atoms with Crippen molar-refractivity contribution in [1.82, 2.24) is 9.97 Å². The maximum atomic E-state index is 12.0. The lowest BCUT2D eigenvalue weighted by atomic mass is 10.1. The molecule has 1 amide bonds. The third-order valence-corrected chi connectivity index (χ3v) is 4.56. The van der Waals surface area contributed by atoms with Gasteiger partial charge in [0, 0.05) is 13.0 Å². The Morgan fingerprint density at radius 2 is 2.39 bits per heavy atom. The first-order valence-electron chi connectivity index (χ1n) is 5.51. The normalized spacial score (nSPS) is 20.0. The second-order valence-corrected chi connectivity index (χ2v) is 5.83. The molecule has 4 nitrogen and oxygen atoms in total. The van der Waals surface area contributed by atoms with Crippen molar-refractivity contribution in [2.45, 2.75) is 6.42 Å². The van der Waals surface area contributed by atoms with Gasteiger partial charge in [0.25, 0.3) is 0 Å². The lowest BCUT2D eigenvalue weighted by Crippen LogP contribution is -2.26. The molecule has 0 aliphatic carbocycles. The fourth-order valence-corrected chi connectivity index (χ4v) is 3.36. The average Bonchev–Trinajstić information content (AvgIpc) is 2.94. The van der Waals surface area contributed by atoms with Crippen LogP contribution in [0.2, 0.25) is 5.28 Å². The summed E-state index contributed by atoms with van der Waals surface area (Å²) in [5, 5.41) is 2.11. The van der Waals surface area contributed by atoms with Crippen LogP contribution in [0.5, 0.6) is 0 Å². The highest BCUT2D eigenvalue weighted by Gasteiger charge is 2.32. The van der Waals surface area contributed by atoms with Crippen molar-refractivity contribution in [2.24, 2.45) is 5.92 Å². The number of hydrogen-bond acceptors (Lipinski definition) is 5. The smallest absolute Gasteiger partial charge is 0.228 e. The summed E-state index contributed by atoms with van der Waals surface area (Å²) in [5.74, 6) is 1.70. The highest BCUT2D eigenvalue weighted by atomic mass is 35.5. The minimum atomic E-state index is 0.0820. The van der Waals surface area contributed by atoms with Gasteiger partial charge in [-0.2, -0.15) is 17.6 Å². The monoisotopic (exact) mass is 299 g/mol. The van der Waals surface area contributed by atoms with Gasteiger partial charge in [-0.3, -0.25) is 9.69 Å². The third kappa shape index (κ3) is 1.98. The molecular formula is C11H10ClN3OS2. The van der Waals surface area contributed by atoms with Gasteiger partial charge in [0.1, 0.15) is 0 Å². The maximum absolute atomic E-state index is 12.0. The van der Waals surface area contributed by atoms with Crippen molar-refractivity contribution >= 4 is 57.5 Å². The first kappa shape index (κ1) is 12.2. The number of hydrogen-bond donors (Lipinski definition) is 1. The molecular weight excluding hydrogens is 290 g/mol. The Morgan fingerprint density at radius 1 is 1.56 bits per heavy atom. The Kier molecular flexibility index (Phi) is 3.17. The zero-order chi connectivity index (χ0) is 12.7. The van der Waals surface area contributed by atoms with E-state index in [4.69, 9.17) is 11.6 Å². The van der Waals surface area contributed by atoms with Gasteiger partial charge < -0.3 is 0 Å². The van der Waals surface area contributed by atoms with Crippen LogP contribution in [-0.2, 0) is 4.79 Å². The molecule has 3 rings (SSSR count). The Balaban J connectivity index is 2.09. The van der Waals surface area contributed by atoms with E-state index < -0.39 is 0 Å². The number of anilines is 1. The van der Waals surface area contributed by atoms with Crippen LogP contribution in [-0.4, -0.2) is 28.2 Å². The predicted molar refractivity (Wildman–Crippen MR) is 76.7 cm³/mol. The van der Waals surface area contributed by atoms with Crippen molar-refractivity contribution in [1.29, 1.82) is 0 Å². The molecule has 0 radical (unpaired) electrons. The van der Waals surface area contributed by atoms with Gasteiger partial charge in [-0.25, -0.2) is 4.98 Å². The summed E-state index contributed by atoms with van der Waals surface area (Å²) in [4.78, 5) is 22.1. The van der Waals surface area contributed by atoms with Gasteiger partial charge in [0.05, 0.1) is 10.2 Å². The number of thiol groups is 1. The summed E-state index contributed by atoms with van der Waals surface area (Å²) >= 11 is 11.7. The molecule has 18 heavy (non-hydrogen) atoms. The van der Waals surface area contributed by atoms with Gasteiger partial charge in [-0.1, -0.05) is 0 Å². The van der Waals surface area contributed by atoms with Crippen LogP contribution in [0.15, 0.2) is 11.4 Å². The molecule has 2 aromatic rings. The molecule has 1 atom stereocenters. The zero-order valence-corrected chi connectivity index (χ0v) is 11.8. The van der Waals surface area contributed by atoms with Crippen LogP contribution in [0.1, 0.15) is 6.42 Å². The Bertz CT molecular complexity index is 615.